The highest BCUT2D eigenvalue weighted by atomic mass is 32.2. The number of hydrogen-bond donors (Lipinski definition) is 2. The van der Waals surface area contributed by atoms with Gasteiger partial charge in [-0.1, -0.05) is 18.6 Å². The van der Waals surface area contributed by atoms with Crippen LogP contribution in [0.3, 0.4) is 0 Å². The highest BCUT2D eigenvalue weighted by Gasteiger charge is 2.26. The average Bonchev–Trinajstić information content (AvgIpc) is 2.78. The molecule has 2 aromatic carbocycles. The lowest BCUT2D eigenvalue weighted by Gasteiger charge is -2.26. The molecule has 2 aromatic rings. The highest BCUT2D eigenvalue weighted by Crippen LogP contribution is 2.22. The van der Waals surface area contributed by atoms with Crippen molar-refractivity contribution in [3.63, 3.8) is 0 Å². The first-order valence-electron chi connectivity index (χ1n) is 9.70. The number of amides is 2. The maximum absolute atomic E-state index is 12.8. The Kier molecular flexibility index (Phi) is 6.98. The number of benzene rings is 2. The fraction of sp³-hybridized carbons (Fsp3) is 0.300. The van der Waals surface area contributed by atoms with Crippen LogP contribution in [0.25, 0.3) is 0 Å². The van der Waals surface area contributed by atoms with Gasteiger partial charge in [-0.3, -0.25) is 19.7 Å². The number of nitro groups is 1. The Morgan fingerprint density at radius 2 is 1.74 bits per heavy atom. The summed E-state index contributed by atoms with van der Waals surface area (Å²) >= 11 is 0. The van der Waals surface area contributed by atoms with Gasteiger partial charge >= 0.3 is 0 Å². The van der Waals surface area contributed by atoms with Crippen LogP contribution in [0.5, 0.6) is 0 Å². The molecule has 31 heavy (non-hydrogen) atoms. The number of anilines is 1. The highest BCUT2D eigenvalue weighted by molar-refractivity contribution is 7.89. The van der Waals surface area contributed by atoms with Crippen LogP contribution in [-0.2, 0) is 14.8 Å². The fourth-order valence-electron chi connectivity index (χ4n) is 3.22. The fourth-order valence-corrected chi connectivity index (χ4v) is 4.78. The molecule has 1 saturated heterocycles. The van der Waals surface area contributed by atoms with E-state index in [0.717, 1.165) is 25.3 Å². The van der Waals surface area contributed by atoms with Gasteiger partial charge in [0, 0.05) is 36.5 Å². The molecule has 3 rings (SSSR count). The molecular formula is C20H22N4O6S. The lowest BCUT2D eigenvalue weighted by Crippen LogP contribution is -2.35. The number of piperidine rings is 1. The Morgan fingerprint density at radius 3 is 2.45 bits per heavy atom. The zero-order valence-electron chi connectivity index (χ0n) is 16.6. The summed E-state index contributed by atoms with van der Waals surface area (Å²) in [5.74, 6) is -1.20. The zero-order chi connectivity index (χ0) is 22.4. The smallest absolute Gasteiger partial charge is 0.270 e. The summed E-state index contributed by atoms with van der Waals surface area (Å²) in [6.45, 7) is 0.565. The van der Waals surface area contributed by atoms with Crippen molar-refractivity contribution in [1.82, 2.24) is 9.62 Å². The molecule has 1 aliphatic rings. The molecule has 0 atom stereocenters. The Hall–Kier alpha value is -3.31. The van der Waals surface area contributed by atoms with Crippen LogP contribution in [0.1, 0.15) is 29.6 Å². The number of hydrogen-bond acceptors (Lipinski definition) is 6. The van der Waals surface area contributed by atoms with Gasteiger partial charge in [0.05, 0.1) is 16.4 Å². The van der Waals surface area contributed by atoms with E-state index in [-0.39, 0.29) is 28.4 Å². The van der Waals surface area contributed by atoms with Crippen LogP contribution in [0, 0.1) is 10.1 Å². The van der Waals surface area contributed by atoms with Gasteiger partial charge in [0.15, 0.2) is 0 Å². The summed E-state index contributed by atoms with van der Waals surface area (Å²) in [4.78, 5) is 34.6. The zero-order valence-corrected chi connectivity index (χ0v) is 17.4. The number of non-ortho nitro benzene ring substituents is 1. The van der Waals surface area contributed by atoms with Gasteiger partial charge in [0.1, 0.15) is 0 Å². The minimum atomic E-state index is -3.64. The van der Waals surface area contributed by atoms with Crippen molar-refractivity contribution in [3.05, 3.63) is 64.2 Å². The molecule has 10 nitrogen and oxygen atoms in total. The summed E-state index contributed by atoms with van der Waals surface area (Å²) in [6, 6.07) is 11.1. The third kappa shape index (κ3) is 5.64. The van der Waals surface area contributed by atoms with Crippen molar-refractivity contribution < 1.29 is 22.9 Å². The number of carbonyl (C=O) groups excluding carboxylic acids is 2. The summed E-state index contributed by atoms with van der Waals surface area (Å²) in [5, 5.41) is 15.7. The van der Waals surface area contributed by atoms with E-state index >= 15 is 0 Å². The molecule has 0 radical (unpaired) electrons. The van der Waals surface area contributed by atoms with E-state index < -0.39 is 26.8 Å². The van der Waals surface area contributed by atoms with Gasteiger partial charge in [-0.2, -0.15) is 4.31 Å². The Bertz CT molecular complexity index is 1100. The van der Waals surface area contributed by atoms with Crippen LogP contribution < -0.4 is 10.6 Å². The largest absolute Gasteiger partial charge is 0.343 e. The number of nitrogens with zero attached hydrogens (tertiary/aromatic N) is 2. The minimum absolute atomic E-state index is 0.0524. The topological polar surface area (TPSA) is 139 Å². The van der Waals surface area contributed by atoms with E-state index in [4.69, 9.17) is 0 Å². The molecule has 0 aromatic heterocycles. The van der Waals surface area contributed by atoms with Crippen molar-refractivity contribution in [2.75, 3.05) is 25.0 Å². The van der Waals surface area contributed by atoms with Gasteiger partial charge in [0.2, 0.25) is 15.9 Å². The van der Waals surface area contributed by atoms with Crippen LogP contribution in [0.4, 0.5) is 11.4 Å². The van der Waals surface area contributed by atoms with Crippen molar-refractivity contribution in [1.29, 1.82) is 0 Å². The molecule has 1 fully saturated rings. The first-order valence-corrected chi connectivity index (χ1v) is 11.1. The van der Waals surface area contributed by atoms with Crippen molar-refractivity contribution in [3.8, 4) is 0 Å². The van der Waals surface area contributed by atoms with Crippen molar-refractivity contribution in [2.45, 2.75) is 24.2 Å². The Labute approximate surface area is 179 Å². The maximum atomic E-state index is 12.8. The van der Waals surface area contributed by atoms with Gasteiger partial charge in [-0.05, 0) is 37.1 Å². The van der Waals surface area contributed by atoms with E-state index in [0.29, 0.717) is 13.1 Å². The summed E-state index contributed by atoms with van der Waals surface area (Å²) in [5.41, 5.74) is 0.105. The lowest BCUT2D eigenvalue weighted by atomic mass is 10.2. The van der Waals surface area contributed by atoms with E-state index in [1.807, 2.05) is 0 Å². The minimum Gasteiger partial charge on any atom is -0.343 e. The first-order chi connectivity index (χ1) is 14.8. The number of nitrogens with one attached hydrogen (secondary N) is 2. The molecule has 0 spiro atoms. The second kappa shape index (κ2) is 9.67. The molecule has 1 heterocycles. The second-order valence-electron chi connectivity index (χ2n) is 7.03. The van der Waals surface area contributed by atoms with Crippen molar-refractivity contribution >= 4 is 33.2 Å². The molecule has 2 N–H and O–H groups in total. The van der Waals surface area contributed by atoms with Crippen LogP contribution in [0.15, 0.2) is 53.4 Å². The molecule has 164 valence electrons. The van der Waals surface area contributed by atoms with Crippen LogP contribution >= 0.6 is 0 Å². The molecule has 0 aliphatic carbocycles. The average molecular weight is 446 g/mol. The van der Waals surface area contributed by atoms with E-state index in [1.54, 1.807) is 6.07 Å². The van der Waals surface area contributed by atoms with Gasteiger partial charge < -0.3 is 10.6 Å². The molecule has 1 aliphatic heterocycles. The number of carbonyl (C=O) groups is 2. The van der Waals surface area contributed by atoms with Crippen molar-refractivity contribution in [2.24, 2.45) is 0 Å². The molecule has 0 unspecified atom stereocenters. The molecular weight excluding hydrogens is 424 g/mol. The third-order valence-electron chi connectivity index (χ3n) is 4.80. The van der Waals surface area contributed by atoms with Crippen LogP contribution in [0.2, 0.25) is 0 Å². The monoisotopic (exact) mass is 446 g/mol. The standard InChI is InChI=1S/C20H22N4O6S/c25-19(14-21-20(26)15-6-4-8-17(12-15)24(27)28)22-16-7-5-9-18(13-16)31(29,30)23-10-2-1-3-11-23/h4-9,12-13H,1-3,10-11,14H2,(H,21,26)(H,22,25). The van der Waals surface area contributed by atoms with E-state index in [2.05, 4.69) is 10.6 Å². The maximum Gasteiger partial charge on any atom is 0.270 e. The summed E-state index contributed by atoms with van der Waals surface area (Å²) < 4.78 is 27.0. The summed E-state index contributed by atoms with van der Waals surface area (Å²) in [7, 11) is -3.64. The number of sulfonamides is 1. The molecule has 0 saturated carbocycles. The van der Waals surface area contributed by atoms with Crippen LogP contribution in [-0.4, -0.2) is 49.1 Å². The Balaban J connectivity index is 1.61. The van der Waals surface area contributed by atoms with Gasteiger partial charge in [0.25, 0.3) is 11.6 Å². The number of nitro benzene ring substituents is 1. The third-order valence-corrected chi connectivity index (χ3v) is 6.69. The lowest BCUT2D eigenvalue weighted by molar-refractivity contribution is -0.384. The molecule has 0 bridgehead atoms. The predicted molar refractivity (Wildman–Crippen MR) is 113 cm³/mol. The quantitative estimate of drug-likeness (QED) is 0.493. The predicted octanol–water partition coefficient (Wildman–Crippen LogP) is 2.14. The summed E-state index contributed by atoms with van der Waals surface area (Å²) in [6.07, 6.45) is 2.64. The first kappa shape index (κ1) is 22.4. The molecule has 11 heteroatoms. The SMILES string of the molecule is O=C(CNC(=O)c1cccc([N+](=O)[O-])c1)Nc1cccc(S(=O)(=O)N2CCCCC2)c1. The molecule has 2 amide bonds. The normalized spacial score (nSPS) is 14.6. The van der Waals surface area contributed by atoms with Gasteiger partial charge in [-0.25, -0.2) is 8.42 Å². The second-order valence-corrected chi connectivity index (χ2v) is 8.97. The number of rotatable bonds is 7. The Morgan fingerprint density at radius 1 is 1.03 bits per heavy atom. The van der Waals surface area contributed by atoms with Gasteiger partial charge in [-0.15, -0.1) is 0 Å². The van der Waals surface area contributed by atoms with E-state index in [9.17, 15) is 28.1 Å². The van der Waals surface area contributed by atoms with E-state index in [1.165, 1.54) is 40.7 Å².